The van der Waals surface area contributed by atoms with Crippen molar-refractivity contribution >= 4 is 33.4 Å². The van der Waals surface area contributed by atoms with Crippen LogP contribution in [0.5, 0.6) is 0 Å². The van der Waals surface area contributed by atoms with E-state index >= 15 is 0 Å². The Hall–Kier alpha value is -1.35. The largest absolute Gasteiger partial charge is 0.0610 e. The maximum atomic E-state index is 2.40. The molecule has 0 saturated heterocycles. The van der Waals surface area contributed by atoms with Crippen molar-refractivity contribution in [2.45, 2.75) is 6.92 Å². The topological polar surface area (TPSA) is 0 Å². The van der Waals surface area contributed by atoms with E-state index in [9.17, 15) is 0 Å². The molecule has 88 valence electrons. The fourth-order valence-corrected chi connectivity index (χ4v) is 2.93. The average Bonchev–Trinajstić information content (AvgIpc) is 2.40. The molecule has 0 spiro atoms. The zero-order valence-corrected chi connectivity index (χ0v) is 12.3. The fraction of sp³-hybridized carbons (Fsp3) is 0.0588. The normalized spacial score (nSPS) is 10.8. The van der Waals surface area contributed by atoms with Crippen molar-refractivity contribution in [1.29, 1.82) is 0 Å². The zero-order valence-electron chi connectivity index (χ0n) is 10.2. The molecule has 0 saturated carbocycles. The van der Waals surface area contributed by atoms with Gasteiger partial charge in [-0.25, -0.2) is 0 Å². The number of hydrogen-bond donors (Lipinski definition) is 0. The monoisotopic (exact) mass is 344 g/mol. The Morgan fingerprint density at radius 1 is 0.722 bits per heavy atom. The summed E-state index contributed by atoms with van der Waals surface area (Å²) in [6.07, 6.45) is 0. The van der Waals surface area contributed by atoms with Gasteiger partial charge in [0.2, 0.25) is 0 Å². The summed E-state index contributed by atoms with van der Waals surface area (Å²) in [7, 11) is 0. The quantitative estimate of drug-likeness (QED) is 0.517. The van der Waals surface area contributed by atoms with Crippen molar-refractivity contribution in [3.05, 3.63) is 69.8 Å². The number of rotatable bonds is 1. The van der Waals surface area contributed by atoms with Crippen LogP contribution < -0.4 is 0 Å². The summed E-state index contributed by atoms with van der Waals surface area (Å²) in [5.74, 6) is 0. The molecule has 0 atom stereocenters. The molecule has 0 radical (unpaired) electrons. The van der Waals surface area contributed by atoms with Crippen LogP contribution in [0.3, 0.4) is 0 Å². The van der Waals surface area contributed by atoms with E-state index in [1.54, 1.807) is 0 Å². The van der Waals surface area contributed by atoms with E-state index in [2.05, 4.69) is 90.2 Å². The lowest BCUT2D eigenvalue weighted by Gasteiger charge is -2.08. The van der Waals surface area contributed by atoms with E-state index in [0.29, 0.717) is 0 Å². The molecule has 0 aliphatic heterocycles. The van der Waals surface area contributed by atoms with Gasteiger partial charge < -0.3 is 0 Å². The Labute approximate surface area is 121 Å². The van der Waals surface area contributed by atoms with Crippen LogP contribution in [-0.2, 0) is 0 Å². The molecule has 3 aromatic rings. The molecule has 0 bridgehead atoms. The van der Waals surface area contributed by atoms with Gasteiger partial charge in [-0.1, -0.05) is 60.2 Å². The standard InChI is InChI=1S/C17H13I/c1-12-8-10-13(11-9-12)14-4-2-6-16-15(14)5-3-7-17(16)18/h2-11H,1H3. The molecule has 0 amide bonds. The summed E-state index contributed by atoms with van der Waals surface area (Å²) in [5, 5.41) is 2.66. The van der Waals surface area contributed by atoms with Crippen molar-refractivity contribution in [1.82, 2.24) is 0 Å². The highest BCUT2D eigenvalue weighted by Crippen LogP contribution is 2.30. The molecule has 0 N–H and O–H groups in total. The van der Waals surface area contributed by atoms with Crippen LogP contribution in [0.1, 0.15) is 5.56 Å². The minimum absolute atomic E-state index is 1.29. The Morgan fingerprint density at radius 2 is 1.39 bits per heavy atom. The number of aryl methyl sites for hydroxylation is 1. The van der Waals surface area contributed by atoms with Gasteiger partial charge in [-0.3, -0.25) is 0 Å². The van der Waals surface area contributed by atoms with Crippen LogP contribution in [0.2, 0.25) is 0 Å². The maximum absolute atomic E-state index is 2.40. The van der Waals surface area contributed by atoms with Gasteiger partial charge in [0.15, 0.2) is 0 Å². The second-order valence-corrected chi connectivity index (χ2v) is 5.67. The molecule has 0 aromatic heterocycles. The van der Waals surface area contributed by atoms with Gasteiger partial charge in [-0.15, -0.1) is 0 Å². The van der Waals surface area contributed by atoms with Gasteiger partial charge in [0, 0.05) is 3.57 Å². The van der Waals surface area contributed by atoms with Crippen LogP contribution in [-0.4, -0.2) is 0 Å². The van der Waals surface area contributed by atoms with Crippen LogP contribution in [0.25, 0.3) is 21.9 Å². The Morgan fingerprint density at radius 3 is 2.17 bits per heavy atom. The minimum atomic E-state index is 1.29. The van der Waals surface area contributed by atoms with Crippen molar-refractivity contribution in [2.24, 2.45) is 0 Å². The Balaban J connectivity index is 2.29. The third kappa shape index (κ3) is 2.03. The third-order valence-electron chi connectivity index (χ3n) is 3.23. The SMILES string of the molecule is Cc1ccc(-c2cccc3c(I)cccc23)cc1. The number of halogens is 1. The molecule has 0 aliphatic rings. The second kappa shape index (κ2) is 4.73. The molecule has 0 heterocycles. The molecular weight excluding hydrogens is 331 g/mol. The van der Waals surface area contributed by atoms with Gasteiger partial charge in [0.1, 0.15) is 0 Å². The van der Waals surface area contributed by atoms with Crippen LogP contribution in [0.4, 0.5) is 0 Å². The molecule has 1 heteroatoms. The minimum Gasteiger partial charge on any atom is -0.0610 e. The average molecular weight is 344 g/mol. The first-order valence-corrected chi connectivity index (χ1v) is 7.08. The van der Waals surface area contributed by atoms with Gasteiger partial charge in [-0.05, 0) is 57.5 Å². The molecule has 3 rings (SSSR count). The lowest BCUT2D eigenvalue weighted by atomic mass is 9.98. The molecular formula is C17H13I. The van der Waals surface area contributed by atoms with Gasteiger partial charge in [0.05, 0.1) is 0 Å². The summed E-state index contributed by atoms with van der Waals surface area (Å²) in [6.45, 7) is 2.12. The van der Waals surface area contributed by atoms with Crippen molar-refractivity contribution in [2.75, 3.05) is 0 Å². The first-order chi connectivity index (χ1) is 8.75. The smallest absolute Gasteiger partial charge is 0.0209 e. The molecule has 0 fully saturated rings. The van der Waals surface area contributed by atoms with Crippen molar-refractivity contribution < 1.29 is 0 Å². The summed E-state index contributed by atoms with van der Waals surface area (Å²) in [5.41, 5.74) is 3.90. The zero-order chi connectivity index (χ0) is 12.5. The lowest BCUT2D eigenvalue weighted by Crippen LogP contribution is -1.83. The Kier molecular flexibility index (Phi) is 3.08. The van der Waals surface area contributed by atoms with Crippen LogP contribution in [0, 0.1) is 10.5 Å². The first-order valence-electron chi connectivity index (χ1n) is 6.00. The van der Waals surface area contributed by atoms with Crippen molar-refractivity contribution in [3.8, 4) is 11.1 Å². The number of fused-ring (bicyclic) bond motifs is 1. The third-order valence-corrected chi connectivity index (χ3v) is 4.17. The highest BCUT2D eigenvalue weighted by Gasteiger charge is 2.04. The molecule has 3 aromatic carbocycles. The predicted molar refractivity (Wildman–Crippen MR) is 86.8 cm³/mol. The summed E-state index contributed by atoms with van der Waals surface area (Å²) >= 11 is 2.40. The number of benzene rings is 3. The highest BCUT2D eigenvalue weighted by atomic mass is 127. The van der Waals surface area contributed by atoms with Gasteiger partial charge in [-0.2, -0.15) is 0 Å². The second-order valence-electron chi connectivity index (χ2n) is 4.51. The van der Waals surface area contributed by atoms with E-state index in [0.717, 1.165) is 0 Å². The van der Waals surface area contributed by atoms with Crippen molar-refractivity contribution in [3.63, 3.8) is 0 Å². The fourth-order valence-electron chi connectivity index (χ4n) is 2.26. The molecule has 18 heavy (non-hydrogen) atoms. The first kappa shape index (κ1) is 11.7. The Bertz CT molecular complexity index is 696. The van der Waals surface area contributed by atoms with Crippen LogP contribution >= 0.6 is 22.6 Å². The van der Waals surface area contributed by atoms with E-state index in [1.807, 2.05) is 0 Å². The van der Waals surface area contributed by atoms with Gasteiger partial charge in [0.25, 0.3) is 0 Å². The molecule has 0 nitrogen and oxygen atoms in total. The molecule has 0 unspecified atom stereocenters. The molecule has 0 aliphatic carbocycles. The van der Waals surface area contributed by atoms with E-state index in [-0.39, 0.29) is 0 Å². The summed E-state index contributed by atoms with van der Waals surface area (Å²) in [4.78, 5) is 0. The lowest BCUT2D eigenvalue weighted by molar-refractivity contribution is 1.47. The van der Waals surface area contributed by atoms with Gasteiger partial charge >= 0.3 is 0 Å². The van der Waals surface area contributed by atoms with E-state index in [4.69, 9.17) is 0 Å². The highest BCUT2D eigenvalue weighted by molar-refractivity contribution is 14.1. The summed E-state index contributed by atoms with van der Waals surface area (Å²) < 4.78 is 1.30. The maximum Gasteiger partial charge on any atom is 0.0209 e. The summed E-state index contributed by atoms with van der Waals surface area (Å²) in [6, 6.07) is 21.7. The predicted octanol–water partition coefficient (Wildman–Crippen LogP) is 5.42. The van der Waals surface area contributed by atoms with E-state index < -0.39 is 0 Å². The van der Waals surface area contributed by atoms with Crippen LogP contribution in [0.15, 0.2) is 60.7 Å². The number of hydrogen-bond acceptors (Lipinski definition) is 0. The van der Waals surface area contributed by atoms with E-state index in [1.165, 1.54) is 31.0 Å².